The number of amides is 2. The maximum Gasteiger partial charge on any atom is 0.252 e. The number of hydrogen-bond acceptors (Lipinski definition) is 6. The second kappa shape index (κ2) is 7.06. The molecule has 0 bridgehead atoms. The zero-order valence-corrected chi connectivity index (χ0v) is 14.3. The highest BCUT2D eigenvalue weighted by molar-refractivity contribution is 7.15. The summed E-state index contributed by atoms with van der Waals surface area (Å²) in [7, 11) is 1.45. The van der Waals surface area contributed by atoms with Crippen molar-refractivity contribution < 1.29 is 14.3 Å². The molecule has 0 aliphatic carbocycles. The number of benzene rings is 1. The predicted octanol–water partition coefficient (Wildman–Crippen LogP) is 1.95. The molecule has 24 heavy (non-hydrogen) atoms. The van der Waals surface area contributed by atoms with Crippen molar-refractivity contribution in [1.82, 2.24) is 10.2 Å². The summed E-state index contributed by atoms with van der Waals surface area (Å²) in [5, 5.41) is 11.9. The molecule has 1 aromatic carbocycles. The SMILES string of the molecule is COCC(=O)Nc1nnc(C2CC(=O)N(c3ccccc3C)C2)s1. The van der Waals surface area contributed by atoms with Crippen molar-refractivity contribution in [2.75, 3.05) is 30.5 Å². The second-order valence-electron chi connectivity index (χ2n) is 5.62. The van der Waals surface area contributed by atoms with Crippen LogP contribution in [0.25, 0.3) is 0 Å². The summed E-state index contributed by atoms with van der Waals surface area (Å²) in [4.78, 5) is 25.7. The molecule has 0 radical (unpaired) electrons. The van der Waals surface area contributed by atoms with Gasteiger partial charge in [-0.1, -0.05) is 29.5 Å². The van der Waals surface area contributed by atoms with Gasteiger partial charge in [-0.2, -0.15) is 0 Å². The number of carbonyl (C=O) groups is 2. The summed E-state index contributed by atoms with van der Waals surface area (Å²) in [6.07, 6.45) is 0.398. The van der Waals surface area contributed by atoms with Crippen molar-refractivity contribution >= 4 is 34.0 Å². The highest BCUT2D eigenvalue weighted by atomic mass is 32.1. The molecule has 7 nitrogen and oxygen atoms in total. The minimum absolute atomic E-state index is 0.0114. The van der Waals surface area contributed by atoms with Crippen LogP contribution in [0.5, 0.6) is 0 Å². The van der Waals surface area contributed by atoms with Gasteiger partial charge in [0.25, 0.3) is 5.91 Å². The minimum Gasteiger partial charge on any atom is -0.375 e. The lowest BCUT2D eigenvalue weighted by Gasteiger charge is -2.18. The van der Waals surface area contributed by atoms with E-state index in [1.807, 2.05) is 31.2 Å². The lowest BCUT2D eigenvalue weighted by molar-refractivity contribution is -0.119. The van der Waals surface area contributed by atoms with Crippen LogP contribution in [0.1, 0.15) is 22.9 Å². The van der Waals surface area contributed by atoms with Crippen molar-refractivity contribution in [2.45, 2.75) is 19.3 Å². The van der Waals surface area contributed by atoms with Gasteiger partial charge in [0.15, 0.2) is 0 Å². The Labute approximate surface area is 143 Å². The number of nitrogens with one attached hydrogen (secondary N) is 1. The number of anilines is 2. The van der Waals surface area contributed by atoms with Gasteiger partial charge >= 0.3 is 0 Å². The largest absolute Gasteiger partial charge is 0.375 e. The molecule has 1 unspecified atom stereocenters. The van der Waals surface area contributed by atoms with E-state index in [0.29, 0.717) is 18.1 Å². The zero-order chi connectivity index (χ0) is 17.1. The van der Waals surface area contributed by atoms with Crippen LogP contribution < -0.4 is 10.2 Å². The maximum absolute atomic E-state index is 12.4. The Kier molecular flexibility index (Phi) is 4.86. The smallest absolute Gasteiger partial charge is 0.252 e. The fourth-order valence-electron chi connectivity index (χ4n) is 2.71. The van der Waals surface area contributed by atoms with E-state index in [4.69, 9.17) is 4.74 Å². The monoisotopic (exact) mass is 346 g/mol. The van der Waals surface area contributed by atoms with Crippen molar-refractivity contribution in [3.63, 3.8) is 0 Å². The van der Waals surface area contributed by atoms with Crippen molar-refractivity contribution in [1.29, 1.82) is 0 Å². The number of methoxy groups -OCH3 is 1. The first kappa shape index (κ1) is 16.5. The van der Waals surface area contributed by atoms with Crippen molar-refractivity contribution in [3.05, 3.63) is 34.8 Å². The molecule has 8 heteroatoms. The molecule has 1 aliphatic heterocycles. The first-order valence-corrected chi connectivity index (χ1v) is 8.38. The molecule has 1 N–H and O–H groups in total. The standard InChI is InChI=1S/C16H18N4O3S/c1-10-5-3-4-6-12(10)20-8-11(7-14(20)22)15-18-19-16(24-15)17-13(21)9-23-2/h3-6,11H,7-9H2,1-2H3,(H,17,19,21). The van der Waals surface area contributed by atoms with Gasteiger partial charge in [-0.05, 0) is 18.6 Å². The van der Waals surface area contributed by atoms with Crippen LogP contribution in [0.3, 0.4) is 0 Å². The molecular formula is C16H18N4O3S. The number of carbonyl (C=O) groups excluding carboxylic acids is 2. The van der Waals surface area contributed by atoms with Gasteiger partial charge in [0.2, 0.25) is 11.0 Å². The van der Waals surface area contributed by atoms with Crippen LogP contribution in [-0.4, -0.2) is 42.3 Å². The van der Waals surface area contributed by atoms with Gasteiger partial charge in [-0.3, -0.25) is 14.9 Å². The average Bonchev–Trinajstić information content (AvgIpc) is 3.15. The zero-order valence-electron chi connectivity index (χ0n) is 13.5. The fourth-order valence-corrected chi connectivity index (χ4v) is 3.56. The first-order valence-electron chi connectivity index (χ1n) is 7.56. The third kappa shape index (κ3) is 3.44. The van der Waals surface area contributed by atoms with Gasteiger partial charge in [0.1, 0.15) is 11.6 Å². The normalized spacial score (nSPS) is 17.3. The summed E-state index contributed by atoms with van der Waals surface area (Å²) in [5.41, 5.74) is 2.00. The first-order chi connectivity index (χ1) is 11.6. The lowest BCUT2D eigenvalue weighted by Crippen LogP contribution is -2.25. The summed E-state index contributed by atoms with van der Waals surface area (Å²) in [6, 6.07) is 7.82. The van der Waals surface area contributed by atoms with E-state index in [2.05, 4.69) is 15.5 Å². The number of aryl methyl sites for hydroxylation is 1. The number of nitrogens with zero attached hydrogens (tertiary/aromatic N) is 3. The Morgan fingerprint density at radius 1 is 1.42 bits per heavy atom. The third-order valence-electron chi connectivity index (χ3n) is 3.84. The number of hydrogen-bond donors (Lipinski definition) is 1. The molecule has 0 saturated carbocycles. The molecule has 2 amide bonds. The Hall–Kier alpha value is -2.32. The Morgan fingerprint density at radius 2 is 2.21 bits per heavy atom. The highest BCUT2D eigenvalue weighted by Gasteiger charge is 2.34. The van der Waals surface area contributed by atoms with Gasteiger partial charge in [-0.25, -0.2) is 0 Å². The van der Waals surface area contributed by atoms with Gasteiger partial charge in [0.05, 0.1) is 0 Å². The molecule has 1 aromatic heterocycles. The molecule has 0 spiro atoms. The third-order valence-corrected chi connectivity index (χ3v) is 4.84. The van der Waals surface area contributed by atoms with E-state index in [1.54, 1.807) is 4.90 Å². The van der Waals surface area contributed by atoms with Crippen LogP contribution in [0.15, 0.2) is 24.3 Å². The molecule has 126 valence electrons. The van der Waals surface area contributed by atoms with E-state index in [1.165, 1.54) is 18.4 Å². The van der Waals surface area contributed by atoms with E-state index in [9.17, 15) is 9.59 Å². The number of aromatic nitrogens is 2. The van der Waals surface area contributed by atoms with Crippen molar-refractivity contribution in [3.8, 4) is 0 Å². The van der Waals surface area contributed by atoms with Crippen LogP contribution >= 0.6 is 11.3 Å². The van der Waals surface area contributed by atoms with E-state index in [-0.39, 0.29) is 24.3 Å². The predicted molar refractivity (Wildman–Crippen MR) is 91.3 cm³/mol. The van der Waals surface area contributed by atoms with Crippen LogP contribution in [-0.2, 0) is 14.3 Å². The summed E-state index contributed by atoms with van der Waals surface area (Å²) in [6.45, 7) is 2.53. The summed E-state index contributed by atoms with van der Waals surface area (Å²) >= 11 is 1.30. The molecule has 1 fully saturated rings. The van der Waals surface area contributed by atoms with Crippen molar-refractivity contribution in [2.24, 2.45) is 0 Å². The van der Waals surface area contributed by atoms with E-state index >= 15 is 0 Å². The maximum atomic E-state index is 12.4. The highest BCUT2D eigenvalue weighted by Crippen LogP contribution is 2.35. The Bertz CT molecular complexity index is 761. The van der Waals surface area contributed by atoms with Gasteiger partial charge in [0, 0.05) is 31.7 Å². The Balaban J connectivity index is 1.71. The van der Waals surface area contributed by atoms with Crippen LogP contribution in [0, 0.1) is 6.92 Å². The fraction of sp³-hybridized carbons (Fsp3) is 0.375. The lowest BCUT2D eigenvalue weighted by atomic mass is 10.1. The molecular weight excluding hydrogens is 328 g/mol. The van der Waals surface area contributed by atoms with Gasteiger partial charge < -0.3 is 9.64 Å². The number of rotatable bonds is 5. The van der Waals surface area contributed by atoms with E-state index < -0.39 is 0 Å². The van der Waals surface area contributed by atoms with Gasteiger partial charge in [-0.15, -0.1) is 10.2 Å². The number of ether oxygens (including phenoxy) is 1. The number of para-hydroxylation sites is 1. The molecule has 2 heterocycles. The molecule has 1 aliphatic rings. The molecule has 1 atom stereocenters. The quantitative estimate of drug-likeness (QED) is 0.894. The van der Waals surface area contributed by atoms with Crippen LogP contribution in [0.4, 0.5) is 10.8 Å². The molecule has 3 rings (SSSR count). The summed E-state index contributed by atoms with van der Waals surface area (Å²) in [5.74, 6) is -0.207. The molecule has 2 aromatic rings. The van der Waals surface area contributed by atoms with Crippen LogP contribution in [0.2, 0.25) is 0 Å². The Morgan fingerprint density at radius 3 is 2.96 bits per heavy atom. The topological polar surface area (TPSA) is 84.4 Å². The minimum atomic E-state index is -0.274. The average molecular weight is 346 g/mol. The molecule has 1 saturated heterocycles. The van der Waals surface area contributed by atoms with E-state index in [0.717, 1.165) is 16.3 Å². The summed E-state index contributed by atoms with van der Waals surface area (Å²) < 4.78 is 4.76. The second-order valence-corrected chi connectivity index (χ2v) is 6.63.